The zero-order chi connectivity index (χ0) is 25.2. The minimum Gasteiger partial charge on any atom is -0.477 e. The second-order valence-corrected chi connectivity index (χ2v) is 10.5. The molecule has 2 aliphatic rings. The topological polar surface area (TPSA) is 230 Å². The third-order valence-electron chi connectivity index (χ3n) is 4.62. The summed E-state index contributed by atoms with van der Waals surface area (Å²) < 4.78 is 0. The smallest absolute Gasteiger partial charge is 0.353 e. The van der Waals surface area contributed by atoms with E-state index in [1.54, 1.807) is 6.92 Å². The first-order valence-electron chi connectivity index (χ1n) is 9.44. The van der Waals surface area contributed by atoms with Crippen LogP contribution < -0.4 is 22.1 Å². The Morgan fingerprint density at radius 3 is 2.65 bits per heavy atom. The Morgan fingerprint density at radius 1 is 1.38 bits per heavy atom. The van der Waals surface area contributed by atoms with E-state index in [-0.39, 0.29) is 34.1 Å². The van der Waals surface area contributed by atoms with Gasteiger partial charge in [-0.1, -0.05) is 12.1 Å². The molecule has 3 heterocycles. The summed E-state index contributed by atoms with van der Waals surface area (Å²) in [6.07, 6.45) is 0. The first-order valence-corrected chi connectivity index (χ1v) is 12.3. The Hall–Kier alpha value is -3.31. The normalized spacial score (nSPS) is 20.8. The number of primary amides is 1. The number of β-lactam (4-membered cyclic amide) rings is 1. The molecular weight excluding hydrogens is 510 g/mol. The van der Waals surface area contributed by atoms with Crippen LogP contribution >= 0.6 is 34.9 Å². The fraction of sp³-hybridized carbons (Fsp3) is 0.353. The van der Waals surface area contributed by atoms with Crippen LogP contribution in [-0.4, -0.2) is 84.5 Å². The van der Waals surface area contributed by atoms with Crippen molar-refractivity contribution in [1.82, 2.24) is 20.5 Å². The maximum Gasteiger partial charge on any atom is 0.353 e. The van der Waals surface area contributed by atoms with Crippen LogP contribution in [0.25, 0.3) is 0 Å². The van der Waals surface area contributed by atoms with Crippen LogP contribution in [0.15, 0.2) is 21.1 Å². The number of aromatic nitrogens is 1. The predicted molar refractivity (Wildman–Crippen MR) is 124 cm³/mol. The summed E-state index contributed by atoms with van der Waals surface area (Å²) in [4.78, 5) is 64.7. The number of fused-ring (bicyclic) bond motifs is 1. The number of thioether (sulfide) groups is 2. The molecule has 34 heavy (non-hydrogen) atoms. The lowest BCUT2D eigenvalue weighted by Gasteiger charge is -2.49. The van der Waals surface area contributed by atoms with Crippen molar-refractivity contribution in [2.45, 2.75) is 23.6 Å². The van der Waals surface area contributed by atoms with Crippen molar-refractivity contribution in [2.75, 3.05) is 18.0 Å². The van der Waals surface area contributed by atoms with Gasteiger partial charge in [-0.3, -0.25) is 24.1 Å². The number of nitrogen functional groups attached to an aromatic ring is 1. The number of anilines is 1. The van der Waals surface area contributed by atoms with E-state index in [4.69, 9.17) is 11.5 Å². The standard InChI is InChI=1S/C17H19N7O7S3/c1-5(2-20-13(27)11(18)25)34-7-4-32-15-9(14(28)24(15)10(7)16(29)30)22-12(26)8(23-31)6-3-33-17(19)21-6/h3,5,9,15,31H,2,4H2,1H3,(H2,18,25)(H2,19,21)(H,20,27)(H,22,26)(H,29,30)/b23-8-. The molecule has 4 amide bonds. The summed E-state index contributed by atoms with van der Waals surface area (Å²) in [5.74, 6) is -4.71. The molecule has 182 valence electrons. The molecule has 0 bridgehead atoms. The molecule has 0 radical (unpaired) electrons. The van der Waals surface area contributed by atoms with Crippen molar-refractivity contribution in [1.29, 1.82) is 0 Å². The monoisotopic (exact) mass is 529 g/mol. The van der Waals surface area contributed by atoms with Crippen molar-refractivity contribution >= 4 is 75.3 Å². The molecule has 1 aromatic heterocycles. The highest BCUT2D eigenvalue weighted by atomic mass is 32.2. The summed E-state index contributed by atoms with van der Waals surface area (Å²) in [7, 11) is 0. The van der Waals surface area contributed by atoms with Crippen LogP contribution in [0.3, 0.4) is 0 Å². The Morgan fingerprint density at radius 2 is 2.09 bits per heavy atom. The van der Waals surface area contributed by atoms with Crippen LogP contribution in [0, 0.1) is 0 Å². The Balaban J connectivity index is 1.70. The average molecular weight is 530 g/mol. The number of amides is 4. The summed E-state index contributed by atoms with van der Waals surface area (Å²) in [5, 5.41) is 27.2. The number of aliphatic carboxylic acids is 1. The molecule has 8 N–H and O–H groups in total. The number of carboxylic acids is 1. The second-order valence-electron chi connectivity index (χ2n) is 6.96. The Bertz CT molecular complexity index is 1120. The van der Waals surface area contributed by atoms with Gasteiger partial charge >= 0.3 is 17.8 Å². The van der Waals surface area contributed by atoms with Crippen molar-refractivity contribution in [2.24, 2.45) is 10.9 Å². The minimum absolute atomic E-state index is 0.0321. The second kappa shape index (κ2) is 10.3. The fourth-order valence-corrected chi connectivity index (χ4v) is 6.28. The van der Waals surface area contributed by atoms with Crippen molar-refractivity contribution < 1.29 is 34.3 Å². The van der Waals surface area contributed by atoms with E-state index in [9.17, 15) is 34.3 Å². The number of nitrogens with one attached hydrogen (secondary N) is 2. The van der Waals surface area contributed by atoms with Crippen molar-refractivity contribution in [3.05, 3.63) is 21.7 Å². The van der Waals surface area contributed by atoms with Gasteiger partial charge in [0.05, 0.1) is 0 Å². The molecule has 0 spiro atoms. The van der Waals surface area contributed by atoms with Gasteiger partial charge in [0.2, 0.25) is 0 Å². The molecule has 0 saturated carbocycles. The molecule has 17 heteroatoms. The number of thiazole rings is 1. The predicted octanol–water partition coefficient (Wildman–Crippen LogP) is -1.68. The molecule has 1 aromatic rings. The van der Waals surface area contributed by atoms with Gasteiger partial charge in [0, 0.05) is 27.8 Å². The number of nitrogens with zero attached hydrogens (tertiary/aromatic N) is 3. The lowest BCUT2D eigenvalue weighted by atomic mass is 10.0. The van der Waals surface area contributed by atoms with Gasteiger partial charge in [-0.25, -0.2) is 9.78 Å². The zero-order valence-electron chi connectivity index (χ0n) is 17.4. The van der Waals surface area contributed by atoms with Gasteiger partial charge in [0.1, 0.15) is 22.8 Å². The number of hydrogen-bond acceptors (Lipinski definition) is 12. The first-order chi connectivity index (χ1) is 16.0. The van der Waals surface area contributed by atoms with Crippen molar-refractivity contribution in [3.63, 3.8) is 0 Å². The lowest BCUT2D eigenvalue weighted by molar-refractivity contribution is -0.150. The largest absolute Gasteiger partial charge is 0.477 e. The number of carboxylic acid groups (broad SMARTS) is 1. The fourth-order valence-electron chi connectivity index (χ4n) is 3.11. The molecule has 0 aromatic carbocycles. The third kappa shape index (κ3) is 5.10. The first kappa shape index (κ1) is 25.3. The summed E-state index contributed by atoms with van der Waals surface area (Å²) in [6.45, 7) is 1.76. The maximum absolute atomic E-state index is 12.8. The van der Waals surface area contributed by atoms with E-state index < -0.39 is 46.7 Å². The highest BCUT2D eigenvalue weighted by molar-refractivity contribution is 8.06. The molecule has 3 rings (SSSR count). The van der Waals surface area contributed by atoms with Crippen LogP contribution in [0.5, 0.6) is 0 Å². The molecule has 0 aliphatic carbocycles. The summed E-state index contributed by atoms with van der Waals surface area (Å²) in [6, 6.07) is -1.04. The van der Waals surface area contributed by atoms with E-state index in [0.29, 0.717) is 4.91 Å². The summed E-state index contributed by atoms with van der Waals surface area (Å²) in [5.41, 5.74) is 9.79. The Labute approximate surface area is 204 Å². The van der Waals surface area contributed by atoms with Crippen molar-refractivity contribution in [3.8, 4) is 0 Å². The molecule has 1 saturated heterocycles. The number of hydrogen-bond donors (Lipinski definition) is 6. The quantitative estimate of drug-likeness (QED) is 0.0732. The molecule has 14 nitrogen and oxygen atoms in total. The highest BCUT2D eigenvalue weighted by Crippen LogP contribution is 2.44. The molecule has 1 fully saturated rings. The number of nitrogens with two attached hydrogens (primary N) is 2. The van der Waals surface area contributed by atoms with Gasteiger partial charge in [0.25, 0.3) is 11.8 Å². The van der Waals surface area contributed by atoms with E-state index in [1.807, 2.05) is 0 Å². The van der Waals surface area contributed by atoms with Gasteiger partial charge in [-0.2, -0.15) is 0 Å². The Kier molecular flexibility index (Phi) is 7.68. The van der Waals surface area contributed by atoms with Gasteiger partial charge in [-0.05, 0) is 0 Å². The lowest BCUT2D eigenvalue weighted by Crippen LogP contribution is -2.71. The number of rotatable bonds is 8. The third-order valence-corrected chi connectivity index (χ3v) is 7.95. The molecular formula is C17H19N7O7S3. The van der Waals surface area contributed by atoms with E-state index in [2.05, 4.69) is 20.8 Å². The highest BCUT2D eigenvalue weighted by Gasteiger charge is 2.54. The number of carbonyl (C=O) groups excluding carboxylic acids is 4. The average Bonchev–Trinajstić information content (AvgIpc) is 3.21. The van der Waals surface area contributed by atoms with E-state index in [0.717, 1.165) is 28.0 Å². The molecule has 3 atom stereocenters. The van der Waals surface area contributed by atoms with Gasteiger partial charge in [-0.15, -0.1) is 34.9 Å². The van der Waals surface area contributed by atoms with E-state index >= 15 is 0 Å². The SMILES string of the molecule is CC(CNC(=O)C(N)=O)SC1=C(C(=O)O)N2C(=O)C(NC(=O)/C(=N\O)c3csc(N)n3)C2SC1. The van der Waals surface area contributed by atoms with Crippen LogP contribution in [-0.2, 0) is 24.0 Å². The van der Waals surface area contributed by atoms with Gasteiger partial charge < -0.3 is 32.4 Å². The maximum atomic E-state index is 12.8. The van der Waals surface area contributed by atoms with E-state index in [1.165, 1.54) is 17.1 Å². The molecule has 2 aliphatic heterocycles. The summed E-state index contributed by atoms with van der Waals surface area (Å²) >= 11 is 3.41. The van der Waals surface area contributed by atoms with Crippen LogP contribution in [0.1, 0.15) is 12.6 Å². The minimum atomic E-state index is -1.32. The molecule has 3 unspecified atom stereocenters. The zero-order valence-corrected chi connectivity index (χ0v) is 19.8. The van der Waals surface area contributed by atoms with Crippen LogP contribution in [0.4, 0.5) is 5.13 Å². The number of oxime groups is 1. The van der Waals surface area contributed by atoms with Crippen LogP contribution in [0.2, 0.25) is 0 Å². The van der Waals surface area contributed by atoms with Gasteiger partial charge in [0.15, 0.2) is 10.8 Å². The number of carbonyl (C=O) groups is 5.